The van der Waals surface area contributed by atoms with E-state index in [-0.39, 0.29) is 0 Å². The number of likely N-dealkylation sites (N-methyl/N-ethyl adjacent to an activating group) is 1. The van der Waals surface area contributed by atoms with Crippen molar-refractivity contribution in [2.45, 2.75) is 25.0 Å². The quantitative estimate of drug-likeness (QED) is 0.878. The Hall–Kier alpha value is -1.75. The largest absolute Gasteiger partial charge is 0.384 e. The molecule has 0 bridgehead atoms. The number of rotatable bonds is 6. The summed E-state index contributed by atoms with van der Waals surface area (Å²) in [4.78, 5) is 8.98. The lowest BCUT2D eigenvalue weighted by atomic mass is 9.92. The van der Waals surface area contributed by atoms with Crippen LogP contribution >= 0.6 is 0 Å². The van der Waals surface area contributed by atoms with E-state index in [4.69, 9.17) is 0 Å². The van der Waals surface area contributed by atoms with Crippen molar-refractivity contribution < 1.29 is 5.11 Å². The number of hydrogen-bond acceptors (Lipinski definition) is 4. The van der Waals surface area contributed by atoms with E-state index in [1.165, 1.54) is 12.0 Å². The molecule has 0 amide bonds. The highest BCUT2D eigenvalue weighted by molar-refractivity contribution is 5.22. The van der Waals surface area contributed by atoms with Crippen molar-refractivity contribution in [1.29, 1.82) is 0 Å². The number of aliphatic hydroxyl groups is 1. The maximum absolute atomic E-state index is 10.9. The molecule has 1 aromatic heterocycles. The van der Waals surface area contributed by atoms with Gasteiger partial charge in [0.05, 0.1) is 5.60 Å². The van der Waals surface area contributed by atoms with Gasteiger partial charge in [0.15, 0.2) is 0 Å². The summed E-state index contributed by atoms with van der Waals surface area (Å²) in [6, 6.07) is 14.5. The highest BCUT2D eigenvalue weighted by Crippen LogP contribution is 2.36. The molecule has 3 rings (SSSR count). The fourth-order valence-corrected chi connectivity index (χ4v) is 4.17. The van der Waals surface area contributed by atoms with Gasteiger partial charge in [-0.1, -0.05) is 36.4 Å². The summed E-state index contributed by atoms with van der Waals surface area (Å²) in [5.74, 6) is 0.547. The lowest BCUT2D eigenvalue weighted by Gasteiger charge is -2.33. The summed E-state index contributed by atoms with van der Waals surface area (Å²) in [5.41, 5.74) is 1.41. The van der Waals surface area contributed by atoms with E-state index in [2.05, 4.69) is 34.9 Å². The number of aromatic nitrogens is 1. The average molecular weight is 339 g/mol. The summed E-state index contributed by atoms with van der Waals surface area (Å²) in [6.07, 6.45) is 4.99. The van der Waals surface area contributed by atoms with Gasteiger partial charge in [-0.3, -0.25) is 9.88 Å². The van der Waals surface area contributed by atoms with Gasteiger partial charge in [-0.15, -0.1) is 0 Å². The van der Waals surface area contributed by atoms with Crippen molar-refractivity contribution in [2.75, 3.05) is 33.7 Å². The predicted molar refractivity (Wildman–Crippen MR) is 101 cm³/mol. The summed E-state index contributed by atoms with van der Waals surface area (Å²) in [7, 11) is 4.30. The van der Waals surface area contributed by atoms with E-state index < -0.39 is 5.60 Å². The molecule has 1 aromatic carbocycles. The molecule has 1 fully saturated rings. The first-order valence-electron chi connectivity index (χ1n) is 9.04. The first-order chi connectivity index (χ1) is 12.0. The molecule has 0 aliphatic carbocycles. The Morgan fingerprint density at radius 2 is 2.00 bits per heavy atom. The third kappa shape index (κ3) is 4.27. The van der Waals surface area contributed by atoms with Gasteiger partial charge in [-0.05, 0) is 57.1 Å². The zero-order valence-electron chi connectivity index (χ0n) is 15.5. The first-order valence-corrected chi connectivity index (χ1v) is 9.04. The maximum Gasteiger partial charge on any atom is 0.0994 e. The van der Waals surface area contributed by atoms with Gasteiger partial charge in [0.2, 0.25) is 0 Å². The number of nitrogens with zero attached hydrogens (tertiary/aromatic N) is 3. The number of benzene rings is 1. The lowest BCUT2D eigenvalue weighted by Crippen LogP contribution is -2.39. The van der Waals surface area contributed by atoms with Gasteiger partial charge in [0.1, 0.15) is 0 Å². The molecule has 2 heterocycles. The van der Waals surface area contributed by atoms with E-state index >= 15 is 0 Å². The molecule has 3 atom stereocenters. The zero-order valence-corrected chi connectivity index (χ0v) is 15.5. The van der Waals surface area contributed by atoms with Gasteiger partial charge in [-0.25, -0.2) is 0 Å². The van der Waals surface area contributed by atoms with Crippen LogP contribution in [0.1, 0.15) is 30.5 Å². The first kappa shape index (κ1) is 18.1. The van der Waals surface area contributed by atoms with Crippen LogP contribution < -0.4 is 0 Å². The van der Waals surface area contributed by atoms with E-state index in [0.29, 0.717) is 18.5 Å². The van der Waals surface area contributed by atoms with Gasteiger partial charge >= 0.3 is 0 Å². The van der Waals surface area contributed by atoms with Crippen LogP contribution in [0.15, 0.2) is 54.9 Å². The molecule has 1 aliphatic rings. The molecule has 1 saturated heterocycles. The molecular weight excluding hydrogens is 310 g/mol. The standard InChI is InChI=1S/C21H29N3O/c1-21(25,19-9-5-4-6-10-19)16-23(2)15-18-11-13-24(3)20(18)17-8-7-12-22-14-17/h4-10,12,14,18,20,25H,11,13,15-16H2,1-3H3/t18-,20-,21-/m0/s1. The van der Waals surface area contributed by atoms with Crippen molar-refractivity contribution in [2.24, 2.45) is 5.92 Å². The molecule has 134 valence electrons. The number of hydrogen-bond donors (Lipinski definition) is 1. The third-order valence-electron chi connectivity index (χ3n) is 5.32. The van der Waals surface area contributed by atoms with Crippen LogP contribution in [0, 0.1) is 5.92 Å². The fourth-order valence-electron chi connectivity index (χ4n) is 4.17. The van der Waals surface area contributed by atoms with E-state index in [0.717, 1.165) is 18.7 Å². The molecule has 0 spiro atoms. The molecule has 4 nitrogen and oxygen atoms in total. The van der Waals surface area contributed by atoms with Gasteiger partial charge in [-0.2, -0.15) is 0 Å². The van der Waals surface area contributed by atoms with Gasteiger partial charge < -0.3 is 10.0 Å². The van der Waals surface area contributed by atoms with E-state index in [1.807, 2.05) is 55.7 Å². The summed E-state index contributed by atoms with van der Waals surface area (Å²) >= 11 is 0. The summed E-state index contributed by atoms with van der Waals surface area (Å²) in [6.45, 7) is 4.59. The Bertz CT molecular complexity index is 659. The van der Waals surface area contributed by atoms with Crippen LogP contribution in [-0.2, 0) is 5.60 Å². The SMILES string of the molecule is CN(C[C@@H]1CCN(C)[C@H]1c1cccnc1)C[C@](C)(O)c1ccccc1. The Labute approximate surface area is 151 Å². The minimum absolute atomic E-state index is 0.401. The smallest absolute Gasteiger partial charge is 0.0994 e. The average Bonchev–Trinajstić information content (AvgIpc) is 2.96. The molecule has 2 aromatic rings. The molecule has 0 radical (unpaired) electrons. The molecule has 1 N–H and O–H groups in total. The number of likely N-dealkylation sites (tertiary alicyclic amines) is 1. The molecule has 0 unspecified atom stereocenters. The zero-order chi connectivity index (χ0) is 17.9. The molecule has 4 heteroatoms. The topological polar surface area (TPSA) is 39.6 Å². The Morgan fingerprint density at radius 1 is 1.24 bits per heavy atom. The van der Waals surface area contributed by atoms with Gasteiger partial charge in [0.25, 0.3) is 0 Å². The Morgan fingerprint density at radius 3 is 2.68 bits per heavy atom. The van der Waals surface area contributed by atoms with Crippen molar-refractivity contribution in [3.05, 3.63) is 66.0 Å². The van der Waals surface area contributed by atoms with Crippen LogP contribution in [0.2, 0.25) is 0 Å². The van der Waals surface area contributed by atoms with Crippen molar-refractivity contribution in [3.8, 4) is 0 Å². The van der Waals surface area contributed by atoms with E-state index in [1.54, 1.807) is 0 Å². The molecule has 1 aliphatic heterocycles. The molecular formula is C21H29N3O. The van der Waals surface area contributed by atoms with Crippen LogP contribution in [0.5, 0.6) is 0 Å². The minimum atomic E-state index is -0.843. The summed E-state index contributed by atoms with van der Waals surface area (Å²) in [5, 5.41) is 10.9. The molecule has 25 heavy (non-hydrogen) atoms. The third-order valence-corrected chi connectivity index (χ3v) is 5.32. The fraction of sp³-hybridized carbons (Fsp3) is 0.476. The normalized spacial score (nSPS) is 23.7. The second kappa shape index (κ2) is 7.65. The predicted octanol–water partition coefficient (Wildman–Crippen LogP) is 2.91. The summed E-state index contributed by atoms with van der Waals surface area (Å²) < 4.78 is 0. The van der Waals surface area contributed by atoms with Crippen LogP contribution in [-0.4, -0.2) is 53.6 Å². The van der Waals surface area contributed by atoms with E-state index in [9.17, 15) is 5.11 Å². The highest BCUT2D eigenvalue weighted by atomic mass is 16.3. The van der Waals surface area contributed by atoms with Crippen LogP contribution in [0.25, 0.3) is 0 Å². The Balaban J connectivity index is 1.67. The van der Waals surface area contributed by atoms with Crippen LogP contribution in [0.4, 0.5) is 0 Å². The number of pyridine rings is 1. The second-order valence-corrected chi connectivity index (χ2v) is 7.60. The lowest BCUT2D eigenvalue weighted by molar-refractivity contribution is 0.0182. The van der Waals surface area contributed by atoms with Crippen molar-refractivity contribution in [1.82, 2.24) is 14.8 Å². The van der Waals surface area contributed by atoms with Crippen LogP contribution in [0.3, 0.4) is 0 Å². The highest BCUT2D eigenvalue weighted by Gasteiger charge is 2.35. The van der Waals surface area contributed by atoms with Crippen molar-refractivity contribution in [3.63, 3.8) is 0 Å². The molecule has 0 saturated carbocycles. The second-order valence-electron chi connectivity index (χ2n) is 7.60. The minimum Gasteiger partial charge on any atom is -0.384 e. The van der Waals surface area contributed by atoms with Crippen molar-refractivity contribution >= 4 is 0 Å². The maximum atomic E-state index is 10.9. The Kier molecular flexibility index (Phi) is 5.52. The monoisotopic (exact) mass is 339 g/mol. The van der Waals surface area contributed by atoms with Gasteiger partial charge in [0, 0.05) is 31.5 Å².